The van der Waals surface area contributed by atoms with Crippen LogP contribution in [0.4, 0.5) is 0 Å². The molecule has 0 aliphatic carbocycles. The minimum atomic E-state index is 0.150. The van der Waals surface area contributed by atoms with Gasteiger partial charge in [0.15, 0.2) is 5.96 Å². The van der Waals surface area contributed by atoms with Crippen molar-refractivity contribution in [1.82, 2.24) is 15.2 Å². The van der Waals surface area contributed by atoms with E-state index in [0.29, 0.717) is 6.54 Å². The van der Waals surface area contributed by atoms with E-state index in [2.05, 4.69) is 29.0 Å². The zero-order chi connectivity index (χ0) is 16.1. The Morgan fingerprint density at radius 1 is 1.43 bits per heavy atom. The molecule has 2 saturated heterocycles. The van der Waals surface area contributed by atoms with Gasteiger partial charge in [0, 0.05) is 37.3 Å². The highest BCUT2D eigenvalue weighted by Gasteiger charge is 2.32. The number of ether oxygens (including phenoxy) is 2. The maximum atomic E-state index is 5.93. The lowest BCUT2D eigenvalue weighted by Crippen LogP contribution is -2.53. The van der Waals surface area contributed by atoms with Crippen LogP contribution in [0, 0.1) is 6.92 Å². The third-order valence-electron chi connectivity index (χ3n) is 4.14. The van der Waals surface area contributed by atoms with E-state index in [0.717, 1.165) is 56.7 Å². The number of nitrogens with zero attached hydrogens (tertiary/aromatic N) is 3. The van der Waals surface area contributed by atoms with E-state index >= 15 is 0 Å². The maximum absolute atomic E-state index is 5.93. The first kappa shape index (κ1) is 16.7. The summed E-state index contributed by atoms with van der Waals surface area (Å²) in [5.41, 5.74) is 0. The van der Waals surface area contributed by atoms with Crippen LogP contribution in [-0.4, -0.2) is 60.9 Å². The lowest BCUT2D eigenvalue weighted by atomic mass is 10.1. The van der Waals surface area contributed by atoms with Gasteiger partial charge in [0.1, 0.15) is 11.1 Å². The molecular weight excluding hydrogens is 312 g/mol. The minimum absolute atomic E-state index is 0.150. The normalized spacial score (nSPS) is 25.8. The molecule has 2 fully saturated rings. The molecule has 3 heterocycles. The highest BCUT2D eigenvalue weighted by molar-refractivity contribution is 7.11. The van der Waals surface area contributed by atoms with Crippen LogP contribution in [0.15, 0.2) is 11.2 Å². The van der Waals surface area contributed by atoms with Crippen molar-refractivity contribution in [3.05, 3.63) is 16.1 Å². The van der Waals surface area contributed by atoms with Gasteiger partial charge in [-0.15, -0.1) is 11.3 Å². The van der Waals surface area contributed by atoms with Crippen LogP contribution in [-0.2, 0) is 16.0 Å². The third-order valence-corrected chi connectivity index (χ3v) is 5.04. The Bertz CT molecular complexity index is 528. The van der Waals surface area contributed by atoms with Gasteiger partial charge < -0.3 is 19.7 Å². The average Bonchev–Trinajstić information content (AvgIpc) is 3.23. The van der Waals surface area contributed by atoms with Gasteiger partial charge in [-0.3, -0.25) is 0 Å². The summed E-state index contributed by atoms with van der Waals surface area (Å²) in [7, 11) is 0. The van der Waals surface area contributed by atoms with Gasteiger partial charge in [0.05, 0.1) is 19.3 Å². The Morgan fingerprint density at radius 2 is 2.30 bits per heavy atom. The predicted octanol–water partition coefficient (Wildman–Crippen LogP) is 1.80. The van der Waals surface area contributed by atoms with Crippen LogP contribution in [0.2, 0.25) is 0 Å². The molecule has 0 aromatic carbocycles. The zero-order valence-corrected chi connectivity index (χ0v) is 14.8. The van der Waals surface area contributed by atoms with Gasteiger partial charge >= 0.3 is 0 Å². The molecule has 23 heavy (non-hydrogen) atoms. The second kappa shape index (κ2) is 8.08. The fourth-order valence-electron chi connectivity index (χ4n) is 3.03. The Morgan fingerprint density at radius 3 is 3.00 bits per heavy atom. The number of nitrogens with one attached hydrogen (secondary N) is 1. The molecule has 1 aromatic heterocycles. The SMILES string of the molecule is CCNC(=NCc1ncc(C)s1)N1CCOC(C2CCCO2)C1. The monoisotopic (exact) mass is 338 g/mol. The number of aliphatic imine (C=N–C) groups is 1. The Balaban J connectivity index is 1.64. The van der Waals surface area contributed by atoms with Gasteiger partial charge in [-0.1, -0.05) is 0 Å². The van der Waals surface area contributed by atoms with E-state index in [1.807, 2.05) is 6.20 Å². The topological polar surface area (TPSA) is 59.0 Å². The van der Waals surface area contributed by atoms with Crippen LogP contribution < -0.4 is 5.32 Å². The molecule has 1 N–H and O–H groups in total. The van der Waals surface area contributed by atoms with Crippen molar-refractivity contribution in [2.24, 2.45) is 4.99 Å². The number of thiazole rings is 1. The summed E-state index contributed by atoms with van der Waals surface area (Å²) in [6, 6.07) is 0. The summed E-state index contributed by atoms with van der Waals surface area (Å²) in [4.78, 5) is 12.7. The lowest BCUT2D eigenvalue weighted by molar-refractivity contribution is -0.0817. The standard InChI is InChI=1S/C16H26N4O2S/c1-3-17-16(19-10-15-18-9-12(2)23-15)20-6-8-22-14(11-20)13-5-4-7-21-13/h9,13-14H,3-8,10-11H2,1-2H3,(H,17,19). The largest absolute Gasteiger partial charge is 0.375 e. The van der Waals surface area contributed by atoms with Crippen molar-refractivity contribution in [1.29, 1.82) is 0 Å². The minimum Gasteiger partial charge on any atom is -0.375 e. The second-order valence-electron chi connectivity index (χ2n) is 5.94. The van der Waals surface area contributed by atoms with Gasteiger partial charge in [-0.2, -0.15) is 0 Å². The molecule has 7 heteroatoms. The number of aryl methyl sites for hydroxylation is 1. The highest BCUT2D eigenvalue weighted by atomic mass is 32.1. The molecular formula is C16H26N4O2S. The van der Waals surface area contributed by atoms with Crippen LogP contribution in [0.1, 0.15) is 29.7 Å². The summed E-state index contributed by atoms with van der Waals surface area (Å²) in [5.74, 6) is 0.951. The zero-order valence-electron chi connectivity index (χ0n) is 14.0. The summed E-state index contributed by atoms with van der Waals surface area (Å²) < 4.78 is 11.7. The maximum Gasteiger partial charge on any atom is 0.194 e. The molecule has 0 radical (unpaired) electrons. The van der Waals surface area contributed by atoms with E-state index in [9.17, 15) is 0 Å². The van der Waals surface area contributed by atoms with E-state index < -0.39 is 0 Å². The molecule has 0 spiro atoms. The Hall–Kier alpha value is -1.18. The Labute approximate surface area is 141 Å². The van der Waals surface area contributed by atoms with Crippen LogP contribution >= 0.6 is 11.3 Å². The first-order valence-electron chi connectivity index (χ1n) is 8.44. The van der Waals surface area contributed by atoms with Crippen molar-refractivity contribution in [3.8, 4) is 0 Å². The molecule has 2 atom stereocenters. The van der Waals surface area contributed by atoms with Gasteiger partial charge in [-0.05, 0) is 26.7 Å². The van der Waals surface area contributed by atoms with Gasteiger partial charge in [0.2, 0.25) is 0 Å². The number of morpholine rings is 1. The number of guanidine groups is 1. The molecule has 2 aliphatic heterocycles. The van der Waals surface area contributed by atoms with Crippen LogP contribution in [0.5, 0.6) is 0 Å². The first-order chi connectivity index (χ1) is 11.3. The van der Waals surface area contributed by atoms with Crippen molar-refractivity contribution in [2.75, 3.05) is 32.8 Å². The van der Waals surface area contributed by atoms with Crippen molar-refractivity contribution >= 4 is 17.3 Å². The van der Waals surface area contributed by atoms with Crippen molar-refractivity contribution < 1.29 is 9.47 Å². The van der Waals surface area contributed by atoms with E-state index in [1.165, 1.54) is 4.88 Å². The molecule has 1 aromatic rings. The molecule has 2 unspecified atom stereocenters. The molecule has 2 aliphatic rings. The van der Waals surface area contributed by atoms with E-state index in [-0.39, 0.29) is 12.2 Å². The summed E-state index contributed by atoms with van der Waals surface area (Å²) in [6.45, 7) is 8.96. The third kappa shape index (κ3) is 4.43. The number of hydrogen-bond donors (Lipinski definition) is 1. The predicted molar refractivity (Wildman–Crippen MR) is 92.0 cm³/mol. The average molecular weight is 338 g/mol. The molecule has 6 nitrogen and oxygen atoms in total. The first-order valence-corrected chi connectivity index (χ1v) is 9.25. The van der Waals surface area contributed by atoms with E-state index in [4.69, 9.17) is 14.5 Å². The summed E-state index contributed by atoms with van der Waals surface area (Å²) >= 11 is 1.71. The quantitative estimate of drug-likeness (QED) is 0.670. The lowest BCUT2D eigenvalue weighted by Gasteiger charge is -2.37. The fourth-order valence-corrected chi connectivity index (χ4v) is 3.74. The number of rotatable bonds is 4. The number of hydrogen-bond acceptors (Lipinski definition) is 5. The summed E-state index contributed by atoms with van der Waals surface area (Å²) in [6.07, 6.45) is 4.54. The van der Waals surface area contributed by atoms with E-state index in [1.54, 1.807) is 11.3 Å². The Kier molecular flexibility index (Phi) is 5.85. The number of aromatic nitrogens is 1. The van der Waals surface area contributed by atoms with Crippen LogP contribution in [0.25, 0.3) is 0 Å². The van der Waals surface area contributed by atoms with Gasteiger partial charge in [0.25, 0.3) is 0 Å². The highest BCUT2D eigenvalue weighted by Crippen LogP contribution is 2.21. The smallest absolute Gasteiger partial charge is 0.194 e. The molecule has 0 saturated carbocycles. The fraction of sp³-hybridized carbons (Fsp3) is 0.750. The van der Waals surface area contributed by atoms with Crippen molar-refractivity contribution in [3.63, 3.8) is 0 Å². The molecule has 0 bridgehead atoms. The van der Waals surface area contributed by atoms with Crippen molar-refractivity contribution in [2.45, 2.75) is 45.4 Å². The second-order valence-corrected chi connectivity index (χ2v) is 7.26. The summed E-state index contributed by atoms with van der Waals surface area (Å²) in [5, 5.41) is 4.45. The van der Waals surface area contributed by atoms with Gasteiger partial charge in [-0.25, -0.2) is 9.98 Å². The van der Waals surface area contributed by atoms with Crippen LogP contribution in [0.3, 0.4) is 0 Å². The molecule has 128 valence electrons. The molecule has 3 rings (SSSR count). The molecule has 0 amide bonds.